The number of halogens is 1. The Kier molecular flexibility index (Phi) is 3.87. The molecule has 1 heterocycles. The zero-order valence-electron chi connectivity index (χ0n) is 10.7. The molecule has 1 aromatic carbocycles. The van der Waals surface area contributed by atoms with E-state index in [1.165, 1.54) is 6.92 Å². The Morgan fingerprint density at radius 2 is 2.11 bits per heavy atom. The van der Waals surface area contributed by atoms with Crippen molar-refractivity contribution >= 4 is 40.3 Å². The Balaban J connectivity index is 2.98. The summed E-state index contributed by atoms with van der Waals surface area (Å²) in [6, 6.07) is 3.42. The minimum atomic E-state index is -0.450. The average molecular weight is 298 g/mol. The smallest absolute Gasteiger partial charge is 0.263 e. The monoisotopic (exact) mass is 297 g/mol. The first kappa shape index (κ1) is 14.0. The van der Waals surface area contributed by atoms with Crippen LogP contribution in [-0.4, -0.2) is 17.0 Å². The van der Waals surface area contributed by atoms with Crippen molar-refractivity contribution < 1.29 is 8.98 Å². The van der Waals surface area contributed by atoms with Gasteiger partial charge in [-0.3, -0.25) is 9.59 Å². The Labute approximate surface area is 119 Å². The Bertz CT molecular complexity index is 724. The van der Waals surface area contributed by atoms with Crippen molar-refractivity contribution in [1.29, 1.82) is 0 Å². The van der Waals surface area contributed by atoms with Gasteiger partial charge in [-0.2, -0.15) is 0 Å². The third kappa shape index (κ3) is 2.48. The van der Waals surface area contributed by atoms with Crippen LogP contribution in [0, 0.1) is 6.92 Å². The van der Waals surface area contributed by atoms with Gasteiger partial charge in [0, 0.05) is 16.7 Å². The maximum atomic E-state index is 12.0. The van der Waals surface area contributed by atoms with Gasteiger partial charge in [-0.15, -0.1) is 0 Å². The lowest BCUT2D eigenvalue weighted by Crippen LogP contribution is -2.17. The van der Waals surface area contributed by atoms with Crippen LogP contribution in [-0.2, 0) is 0 Å². The molecule has 2 aromatic rings. The lowest BCUT2D eigenvalue weighted by atomic mass is 10.1. The van der Waals surface area contributed by atoms with E-state index < -0.39 is 5.56 Å². The number of benzene rings is 1. The lowest BCUT2D eigenvalue weighted by Gasteiger charge is -2.11. The fourth-order valence-electron chi connectivity index (χ4n) is 1.99. The van der Waals surface area contributed by atoms with Crippen molar-refractivity contribution in [3.05, 3.63) is 38.6 Å². The molecule has 19 heavy (non-hydrogen) atoms. The summed E-state index contributed by atoms with van der Waals surface area (Å²) in [7, 11) is 0. The number of H-pyrrole nitrogens is 1. The Morgan fingerprint density at radius 1 is 1.42 bits per heavy atom. The summed E-state index contributed by atoms with van der Waals surface area (Å²) < 4.78 is 5.42. The van der Waals surface area contributed by atoms with Crippen LogP contribution in [0.4, 0.5) is 0 Å². The number of pyridine rings is 1. The zero-order chi connectivity index (χ0) is 14.2. The van der Waals surface area contributed by atoms with Crippen molar-refractivity contribution in [3.63, 3.8) is 0 Å². The predicted molar refractivity (Wildman–Crippen MR) is 78.5 cm³/mol. The third-order valence-corrected chi connectivity index (χ3v) is 3.31. The maximum absolute atomic E-state index is 12.0. The first-order chi connectivity index (χ1) is 8.95. The van der Waals surface area contributed by atoms with Crippen molar-refractivity contribution in [1.82, 2.24) is 4.98 Å². The quantitative estimate of drug-likeness (QED) is 0.697. The first-order valence-corrected chi connectivity index (χ1v) is 7.06. The van der Waals surface area contributed by atoms with Gasteiger partial charge >= 0.3 is 0 Å². The Hall–Kier alpha value is -1.46. The van der Waals surface area contributed by atoms with E-state index in [1.807, 2.05) is 6.92 Å². The highest BCUT2D eigenvalue weighted by Crippen LogP contribution is 2.32. The van der Waals surface area contributed by atoms with Crippen molar-refractivity contribution in [3.8, 4) is 5.75 Å². The highest BCUT2D eigenvalue weighted by molar-refractivity contribution is 7.94. The second-order valence-corrected chi connectivity index (χ2v) is 5.05. The molecule has 0 amide bonds. The van der Waals surface area contributed by atoms with Gasteiger partial charge < -0.3 is 9.17 Å². The molecule has 0 atom stereocenters. The number of carbonyl (C=O) groups is 1. The van der Waals surface area contributed by atoms with Gasteiger partial charge in [-0.25, -0.2) is 0 Å². The lowest BCUT2D eigenvalue weighted by molar-refractivity contribution is 0.101. The number of aromatic amines is 1. The molecule has 0 aliphatic heterocycles. The second kappa shape index (κ2) is 5.27. The number of rotatable bonds is 3. The molecule has 4 nitrogen and oxygen atoms in total. The molecule has 0 spiro atoms. The predicted octanol–water partition coefficient (Wildman–Crippen LogP) is 3.35. The molecule has 0 aliphatic rings. The summed E-state index contributed by atoms with van der Waals surface area (Å²) in [5.74, 6) is -0.0748. The number of nitrogens with one attached hydrogen (secondary N) is 1. The first-order valence-electron chi connectivity index (χ1n) is 5.53. The normalized spacial score (nSPS) is 10.7. The molecular weight excluding hydrogens is 286 g/mol. The van der Waals surface area contributed by atoms with Crippen LogP contribution < -0.4 is 9.74 Å². The average Bonchev–Trinajstić information content (AvgIpc) is 2.30. The number of aromatic nitrogens is 1. The molecule has 0 saturated heterocycles. The Morgan fingerprint density at radius 3 is 2.68 bits per heavy atom. The summed E-state index contributed by atoms with van der Waals surface area (Å²) in [6.45, 7) is 3.17. The van der Waals surface area contributed by atoms with Gasteiger partial charge in [0.1, 0.15) is 5.56 Å². The van der Waals surface area contributed by atoms with Crippen LogP contribution in [0.2, 0.25) is 5.02 Å². The van der Waals surface area contributed by atoms with Crippen LogP contribution in [0.5, 0.6) is 5.75 Å². The summed E-state index contributed by atoms with van der Waals surface area (Å²) in [5, 5.41) is 1.15. The fraction of sp³-hybridized carbons (Fsp3) is 0.231. The minimum absolute atomic E-state index is 0.0171. The van der Waals surface area contributed by atoms with E-state index in [9.17, 15) is 9.59 Å². The molecule has 1 aromatic heterocycles. The molecule has 0 radical (unpaired) electrons. The summed E-state index contributed by atoms with van der Waals surface area (Å²) >= 11 is 7.10. The molecule has 0 fully saturated rings. The zero-order valence-corrected chi connectivity index (χ0v) is 12.2. The van der Waals surface area contributed by atoms with E-state index in [0.29, 0.717) is 15.9 Å². The van der Waals surface area contributed by atoms with E-state index in [0.717, 1.165) is 17.6 Å². The van der Waals surface area contributed by atoms with Gasteiger partial charge in [0.25, 0.3) is 5.56 Å². The van der Waals surface area contributed by atoms with E-state index in [4.69, 9.17) is 15.8 Å². The molecule has 2 rings (SSSR count). The third-order valence-electron chi connectivity index (χ3n) is 2.76. The van der Waals surface area contributed by atoms with Gasteiger partial charge in [0.2, 0.25) is 0 Å². The van der Waals surface area contributed by atoms with Crippen LogP contribution >= 0.6 is 23.6 Å². The topological polar surface area (TPSA) is 59.2 Å². The molecule has 1 N–H and O–H groups in total. The van der Waals surface area contributed by atoms with Crippen LogP contribution in [0.3, 0.4) is 0 Å². The van der Waals surface area contributed by atoms with E-state index >= 15 is 0 Å². The fourth-order valence-corrected chi connectivity index (χ4v) is 2.60. The maximum Gasteiger partial charge on any atom is 0.263 e. The highest BCUT2D eigenvalue weighted by Gasteiger charge is 2.19. The minimum Gasteiger partial charge on any atom is -0.424 e. The summed E-state index contributed by atoms with van der Waals surface area (Å²) in [5.41, 5.74) is 1.02. The number of aryl methyl sites for hydroxylation is 1. The SMILES string of the molecule is CSOc1c(C(C)=O)c(=O)[nH]c2c(C)cc(Cl)cc12. The molecule has 0 aliphatic carbocycles. The number of hydrogen-bond donors (Lipinski definition) is 1. The molecule has 0 bridgehead atoms. The number of fused-ring (bicyclic) bond motifs is 1. The van der Waals surface area contributed by atoms with Crippen LogP contribution in [0.1, 0.15) is 22.8 Å². The molecule has 100 valence electrons. The molecule has 0 saturated carbocycles. The van der Waals surface area contributed by atoms with Gasteiger partial charge in [-0.1, -0.05) is 11.6 Å². The van der Waals surface area contributed by atoms with Gasteiger partial charge in [0.05, 0.1) is 17.6 Å². The highest BCUT2D eigenvalue weighted by atomic mass is 35.5. The van der Waals surface area contributed by atoms with Crippen molar-refractivity contribution in [2.24, 2.45) is 0 Å². The van der Waals surface area contributed by atoms with E-state index in [2.05, 4.69) is 4.98 Å². The van der Waals surface area contributed by atoms with E-state index in [1.54, 1.807) is 18.4 Å². The number of ketones is 1. The van der Waals surface area contributed by atoms with Crippen LogP contribution in [0.15, 0.2) is 16.9 Å². The van der Waals surface area contributed by atoms with Gasteiger partial charge in [0.15, 0.2) is 11.5 Å². The largest absolute Gasteiger partial charge is 0.424 e. The molecule has 6 heteroatoms. The van der Waals surface area contributed by atoms with Crippen molar-refractivity contribution in [2.45, 2.75) is 13.8 Å². The van der Waals surface area contributed by atoms with Gasteiger partial charge in [-0.05, 0) is 31.5 Å². The van der Waals surface area contributed by atoms with Crippen molar-refractivity contribution in [2.75, 3.05) is 6.26 Å². The second-order valence-electron chi connectivity index (χ2n) is 4.11. The standard InChI is InChI=1S/C13H12ClNO3S/c1-6-4-8(14)5-9-11(6)15-13(17)10(7(2)16)12(9)18-19-3/h4-5H,1-3H3,(H,15,17). The summed E-state index contributed by atoms with van der Waals surface area (Å²) in [6.07, 6.45) is 1.72. The number of Topliss-reactive ketones (excluding diaryl/α,β-unsaturated/α-hetero) is 1. The van der Waals surface area contributed by atoms with Crippen LogP contribution in [0.25, 0.3) is 10.9 Å². The number of carbonyl (C=O) groups excluding carboxylic acids is 1. The summed E-state index contributed by atoms with van der Waals surface area (Å²) in [4.78, 5) is 26.4. The van der Waals surface area contributed by atoms with E-state index in [-0.39, 0.29) is 17.1 Å². The molecular formula is C13H12ClNO3S. The number of hydrogen-bond acceptors (Lipinski definition) is 4. The molecule has 0 unspecified atom stereocenters.